The van der Waals surface area contributed by atoms with Crippen molar-refractivity contribution in [2.75, 3.05) is 7.11 Å². The van der Waals surface area contributed by atoms with E-state index in [-0.39, 0.29) is 5.78 Å². The minimum atomic E-state index is -0.185. The van der Waals surface area contributed by atoms with Crippen LogP contribution in [-0.4, -0.2) is 27.8 Å². The fourth-order valence-corrected chi connectivity index (χ4v) is 3.76. The van der Waals surface area contributed by atoms with Crippen LogP contribution in [0.4, 0.5) is 0 Å². The second-order valence-electron chi connectivity index (χ2n) is 5.77. The summed E-state index contributed by atoms with van der Waals surface area (Å²) in [5, 5.41) is 2.65. The molecule has 1 aliphatic rings. The van der Waals surface area contributed by atoms with Gasteiger partial charge in [-0.25, -0.2) is 4.98 Å². The monoisotopic (exact) mass is 391 g/mol. The lowest BCUT2D eigenvalue weighted by atomic mass is 9.90. The van der Waals surface area contributed by atoms with Crippen molar-refractivity contribution in [2.24, 2.45) is 0 Å². The molecule has 0 aliphatic heterocycles. The molecule has 0 fully saturated rings. The Labute approximate surface area is 150 Å². The number of ether oxygens (including phenoxy) is 1. The van der Waals surface area contributed by atoms with Crippen LogP contribution in [0.1, 0.15) is 16.1 Å². The van der Waals surface area contributed by atoms with Gasteiger partial charge >= 0.3 is 0 Å². The molecule has 25 heavy (non-hydrogen) atoms. The molecule has 1 aromatic carbocycles. The first-order valence-corrected chi connectivity index (χ1v) is 8.44. The predicted molar refractivity (Wildman–Crippen MR) is 98.0 cm³/mol. The molecule has 1 aliphatic carbocycles. The third-order valence-electron chi connectivity index (χ3n) is 4.47. The Bertz CT molecular complexity index is 1220. The van der Waals surface area contributed by atoms with Crippen LogP contribution in [0, 0.1) is 0 Å². The smallest absolute Gasteiger partial charge is 0.218 e. The van der Waals surface area contributed by atoms with E-state index in [1.54, 1.807) is 18.5 Å². The summed E-state index contributed by atoms with van der Waals surface area (Å²) in [5.41, 5.74) is 2.78. The summed E-state index contributed by atoms with van der Waals surface area (Å²) in [6, 6.07) is 9.42. The standard InChI is InChI=1S/C19H10BrN3O2/c1-25-13-5-7-22-17-15(13)19(24)18-14-10(4-6-21-16(14)17)11-8-9(20)2-3-12(11)23-18/h2-8H,1H3. The number of carbonyl (C=O) groups excluding carboxylic acids is 1. The van der Waals surface area contributed by atoms with Gasteiger partial charge in [0.15, 0.2) is 0 Å². The van der Waals surface area contributed by atoms with Crippen LogP contribution in [0.15, 0.2) is 47.2 Å². The van der Waals surface area contributed by atoms with Gasteiger partial charge in [-0.1, -0.05) is 15.9 Å². The third kappa shape index (κ3) is 1.88. The minimum Gasteiger partial charge on any atom is -0.496 e. The predicted octanol–water partition coefficient (Wildman–Crippen LogP) is 4.16. The molecule has 0 radical (unpaired) electrons. The van der Waals surface area contributed by atoms with Gasteiger partial charge in [-0.2, -0.15) is 0 Å². The summed E-state index contributed by atoms with van der Waals surface area (Å²) in [4.78, 5) is 26.7. The number of hydrogen-bond acceptors (Lipinski definition) is 5. The van der Waals surface area contributed by atoms with Crippen LogP contribution in [0.25, 0.3) is 33.1 Å². The quantitative estimate of drug-likeness (QED) is 0.401. The van der Waals surface area contributed by atoms with Crippen LogP contribution in [0.5, 0.6) is 5.75 Å². The maximum absolute atomic E-state index is 13.2. The average Bonchev–Trinajstić information content (AvgIpc) is 2.65. The van der Waals surface area contributed by atoms with Gasteiger partial charge in [0.2, 0.25) is 5.78 Å². The number of methoxy groups -OCH3 is 1. The largest absolute Gasteiger partial charge is 0.496 e. The van der Waals surface area contributed by atoms with Gasteiger partial charge in [-0.3, -0.25) is 14.8 Å². The molecule has 3 aromatic heterocycles. The van der Waals surface area contributed by atoms with Crippen molar-refractivity contribution in [3.8, 4) is 17.1 Å². The summed E-state index contributed by atoms with van der Waals surface area (Å²) < 4.78 is 6.33. The number of nitrogens with zero attached hydrogens (tertiary/aromatic N) is 3. The van der Waals surface area contributed by atoms with Crippen LogP contribution >= 0.6 is 15.9 Å². The van der Waals surface area contributed by atoms with E-state index in [9.17, 15) is 4.79 Å². The normalized spacial score (nSPS) is 12.5. The van der Waals surface area contributed by atoms with Gasteiger partial charge in [0, 0.05) is 27.6 Å². The molecule has 0 amide bonds. The molecule has 0 saturated heterocycles. The minimum absolute atomic E-state index is 0.185. The molecule has 0 unspecified atom stereocenters. The molecule has 3 heterocycles. The Morgan fingerprint density at radius 1 is 0.960 bits per heavy atom. The number of carbonyl (C=O) groups is 1. The Kier molecular flexibility index (Phi) is 2.93. The second-order valence-corrected chi connectivity index (χ2v) is 6.69. The van der Waals surface area contributed by atoms with Gasteiger partial charge in [0.25, 0.3) is 0 Å². The molecular weight excluding hydrogens is 382 g/mol. The maximum atomic E-state index is 13.2. The van der Waals surface area contributed by atoms with Gasteiger partial charge in [0.05, 0.1) is 23.9 Å². The topological polar surface area (TPSA) is 65.0 Å². The summed E-state index contributed by atoms with van der Waals surface area (Å²) in [5.74, 6) is 0.299. The van der Waals surface area contributed by atoms with Crippen molar-refractivity contribution in [3.63, 3.8) is 0 Å². The van der Waals surface area contributed by atoms with E-state index in [2.05, 4.69) is 30.9 Å². The van der Waals surface area contributed by atoms with E-state index in [1.807, 2.05) is 24.3 Å². The molecule has 4 aromatic rings. The van der Waals surface area contributed by atoms with Crippen LogP contribution in [0.2, 0.25) is 0 Å². The fraction of sp³-hybridized carbons (Fsp3) is 0.0526. The number of pyridine rings is 3. The number of halogens is 1. The first-order chi connectivity index (χ1) is 12.2. The highest BCUT2D eigenvalue weighted by atomic mass is 79.9. The SMILES string of the molecule is COc1ccnc2c1C(=O)c1nc3ccc(Br)cc3c3ccnc-2c13. The molecule has 0 bridgehead atoms. The Morgan fingerprint density at radius 2 is 1.76 bits per heavy atom. The Balaban J connectivity index is 2.02. The second kappa shape index (κ2) is 5.07. The number of fused-ring (bicyclic) bond motifs is 4. The number of benzene rings is 1. The fourth-order valence-electron chi connectivity index (χ4n) is 3.40. The lowest BCUT2D eigenvalue weighted by Crippen LogP contribution is -2.15. The average molecular weight is 392 g/mol. The van der Waals surface area contributed by atoms with Crippen molar-refractivity contribution >= 4 is 43.4 Å². The van der Waals surface area contributed by atoms with E-state index in [4.69, 9.17) is 4.74 Å². The van der Waals surface area contributed by atoms with Crippen molar-refractivity contribution in [2.45, 2.75) is 0 Å². The van der Waals surface area contributed by atoms with Crippen molar-refractivity contribution in [1.29, 1.82) is 0 Å². The van der Waals surface area contributed by atoms with E-state index in [0.717, 1.165) is 26.1 Å². The van der Waals surface area contributed by atoms with Crippen molar-refractivity contribution < 1.29 is 9.53 Å². The van der Waals surface area contributed by atoms with E-state index >= 15 is 0 Å². The van der Waals surface area contributed by atoms with E-state index in [1.165, 1.54) is 7.11 Å². The number of rotatable bonds is 1. The van der Waals surface area contributed by atoms with Gasteiger partial charge < -0.3 is 4.74 Å². The Morgan fingerprint density at radius 3 is 2.60 bits per heavy atom. The van der Waals surface area contributed by atoms with E-state index in [0.29, 0.717) is 28.4 Å². The van der Waals surface area contributed by atoms with Crippen LogP contribution in [-0.2, 0) is 0 Å². The summed E-state index contributed by atoms with van der Waals surface area (Å²) in [6.45, 7) is 0. The molecule has 5 rings (SSSR count). The molecule has 0 saturated carbocycles. The molecular formula is C19H10BrN3O2. The zero-order chi connectivity index (χ0) is 17.1. The zero-order valence-electron chi connectivity index (χ0n) is 13.1. The van der Waals surface area contributed by atoms with Crippen molar-refractivity contribution in [1.82, 2.24) is 15.0 Å². The number of hydrogen-bond donors (Lipinski definition) is 0. The van der Waals surface area contributed by atoms with Gasteiger partial charge in [0.1, 0.15) is 17.1 Å². The lowest BCUT2D eigenvalue weighted by molar-refractivity contribution is 0.103. The first kappa shape index (κ1) is 14.5. The third-order valence-corrected chi connectivity index (χ3v) is 4.96. The first-order valence-electron chi connectivity index (χ1n) is 7.65. The summed E-state index contributed by atoms with van der Waals surface area (Å²) >= 11 is 3.50. The lowest BCUT2D eigenvalue weighted by Gasteiger charge is -2.20. The van der Waals surface area contributed by atoms with Crippen LogP contribution < -0.4 is 4.74 Å². The molecule has 0 N–H and O–H groups in total. The van der Waals surface area contributed by atoms with Crippen molar-refractivity contribution in [3.05, 3.63) is 58.5 Å². The highest BCUT2D eigenvalue weighted by Gasteiger charge is 2.32. The number of aromatic nitrogens is 3. The summed E-state index contributed by atoms with van der Waals surface area (Å²) in [6.07, 6.45) is 3.37. The summed E-state index contributed by atoms with van der Waals surface area (Å²) in [7, 11) is 1.54. The molecule has 120 valence electrons. The van der Waals surface area contributed by atoms with Gasteiger partial charge in [-0.05, 0) is 35.7 Å². The van der Waals surface area contributed by atoms with Crippen LogP contribution in [0.3, 0.4) is 0 Å². The molecule has 5 nitrogen and oxygen atoms in total. The zero-order valence-corrected chi connectivity index (χ0v) is 14.7. The maximum Gasteiger partial charge on any atom is 0.218 e. The van der Waals surface area contributed by atoms with Gasteiger partial charge in [-0.15, -0.1) is 0 Å². The molecule has 6 heteroatoms. The highest BCUT2D eigenvalue weighted by molar-refractivity contribution is 9.10. The Hall–Kier alpha value is -2.86. The highest BCUT2D eigenvalue weighted by Crippen LogP contribution is 2.41. The molecule has 0 spiro atoms. The van der Waals surface area contributed by atoms with E-state index < -0.39 is 0 Å². The molecule has 0 atom stereocenters. The number of ketones is 1.